The smallest absolute Gasteiger partial charge is 0.319 e. The summed E-state index contributed by atoms with van der Waals surface area (Å²) in [7, 11) is 0. The minimum Gasteiger partial charge on any atom is -0.381 e. The van der Waals surface area contributed by atoms with Crippen molar-refractivity contribution in [3.8, 4) is 0 Å². The molecule has 0 aliphatic carbocycles. The Morgan fingerprint density at radius 3 is 2.67 bits per heavy atom. The standard InChI is InChI=1S/C9H15F4NO/c10-8(11)9(12,13)6-14-4-7-2-1-3-15-5-7/h7-8,14H,1-6H2. The van der Waals surface area contributed by atoms with Crippen molar-refractivity contribution in [1.29, 1.82) is 0 Å². The molecule has 1 aliphatic heterocycles. The zero-order valence-corrected chi connectivity index (χ0v) is 8.32. The molecule has 2 nitrogen and oxygen atoms in total. The molecule has 0 aromatic carbocycles. The van der Waals surface area contributed by atoms with Crippen molar-refractivity contribution in [3.63, 3.8) is 0 Å². The molecule has 1 fully saturated rings. The number of nitrogens with one attached hydrogen (secondary N) is 1. The van der Waals surface area contributed by atoms with Gasteiger partial charge in [0, 0.05) is 13.2 Å². The third kappa shape index (κ3) is 4.34. The second kappa shape index (κ2) is 5.65. The van der Waals surface area contributed by atoms with Crippen LogP contribution in [0.1, 0.15) is 12.8 Å². The monoisotopic (exact) mass is 229 g/mol. The van der Waals surface area contributed by atoms with E-state index in [1.165, 1.54) is 0 Å². The average molecular weight is 229 g/mol. The molecule has 1 heterocycles. The van der Waals surface area contributed by atoms with Crippen LogP contribution < -0.4 is 5.32 Å². The van der Waals surface area contributed by atoms with Crippen LogP contribution in [0, 0.1) is 5.92 Å². The molecule has 1 N–H and O–H groups in total. The largest absolute Gasteiger partial charge is 0.381 e. The summed E-state index contributed by atoms with van der Waals surface area (Å²) < 4.78 is 53.6. The molecule has 0 aromatic rings. The Hall–Kier alpha value is -0.360. The highest BCUT2D eigenvalue weighted by molar-refractivity contribution is 4.74. The van der Waals surface area contributed by atoms with Gasteiger partial charge in [0.2, 0.25) is 0 Å². The molecule has 1 aliphatic rings. The van der Waals surface area contributed by atoms with Crippen molar-refractivity contribution in [2.24, 2.45) is 5.92 Å². The molecule has 0 amide bonds. The predicted octanol–water partition coefficient (Wildman–Crippen LogP) is 1.90. The Labute approximate surface area is 86.0 Å². The summed E-state index contributed by atoms with van der Waals surface area (Å²) in [5.74, 6) is -3.78. The van der Waals surface area contributed by atoms with Crippen molar-refractivity contribution >= 4 is 0 Å². The SMILES string of the molecule is FC(F)C(F)(F)CNCC1CCCOC1. The summed E-state index contributed by atoms with van der Waals surface area (Å²) in [6.07, 6.45) is -1.81. The number of hydrogen-bond donors (Lipinski definition) is 1. The van der Waals surface area contributed by atoms with Gasteiger partial charge in [-0.25, -0.2) is 8.78 Å². The maximum absolute atomic E-state index is 12.5. The number of alkyl halides is 4. The maximum Gasteiger partial charge on any atom is 0.319 e. The van der Waals surface area contributed by atoms with Crippen LogP contribution in [0.3, 0.4) is 0 Å². The Balaban J connectivity index is 2.14. The highest BCUT2D eigenvalue weighted by atomic mass is 19.3. The zero-order chi connectivity index (χ0) is 11.3. The molecule has 1 rings (SSSR count). The van der Waals surface area contributed by atoms with Gasteiger partial charge in [0.05, 0.1) is 13.2 Å². The highest BCUT2D eigenvalue weighted by Crippen LogP contribution is 2.21. The van der Waals surface area contributed by atoms with E-state index in [9.17, 15) is 17.6 Å². The second-order valence-electron chi connectivity index (χ2n) is 3.78. The molecule has 0 bridgehead atoms. The lowest BCUT2D eigenvalue weighted by Crippen LogP contribution is -2.41. The molecule has 0 saturated carbocycles. The first kappa shape index (κ1) is 12.7. The molecule has 6 heteroatoms. The van der Waals surface area contributed by atoms with Gasteiger partial charge in [-0.1, -0.05) is 0 Å². The fraction of sp³-hybridized carbons (Fsp3) is 1.00. The van der Waals surface area contributed by atoms with E-state index in [2.05, 4.69) is 5.32 Å². The van der Waals surface area contributed by atoms with Crippen LogP contribution in [0.4, 0.5) is 17.6 Å². The Morgan fingerprint density at radius 2 is 2.13 bits per heavy atom. The van der Waals surface area contributed by atoms with Crippen LogP contribution in [-0.2, 0) is 4.74 Å². The van der Waals surface area contributed by atoms with E-state index in [4.69, 9.17) is 4.74 Å². The first-order chi connectivity index (χ1) is 7.02. The summed E-state index contributed by atoms with van der Waals surface area (Å²) in [6, 6.07) is 0. The van der Waals surface area contributed by atoms with Gasteiger partial charge < -0.3 is 10.1 Å². The Morgan fingerprint density at radius 1 is 1.40 bits per heavy atom. The molecule has 1 unspecified atom stereocenters. The van der Waals surface area contributed by atoms with Crippen LogP contribution in [0.2, 0.25) is 0 Å². The topological polar surface area (TPSA) is 21.3 Å². The van der Waals surface area contributed by atoms with Crippen molar-refractivity contribution in [1.82, 2.24) is 5.32 Å². The normalized spacial score (nSPS) is 23.4. The van der Waals surface area contributed by atoms with Gasteiger partial charge in [-0.15, -0.1) is 0 Å². The van der Waals surface area contributed by atoms with Crippen molar-refractivity contribution < 1.29 is 22.3 Å². The molecule has 1 saturated heterocycles. The first-order valence-electron chi connectivity index (χ1n) is 4.97. The van der Waals surface area contributed by atoms with Gasteiger partial charge >= 0.3 is 12.3 Å². The van der Waals surface area contributed by atoms with E-state index in [1.807, 2.05) is 0 Å². The number of rotatable bonds is 5. The van der Waals surface area contributed by atoms with E-state index < -0.39 is 18.9 Å². The Kier molecular flexibility index (Phi) is 4.79. The molecule has 90 valence electrons. The Bertz CT molecular complexity index is 183. The quantitative estimate of drug-likeness (QED) is 0.727. The minimum atomic E-state index is -3.93. The summed E-state index contributed by atoms with van der Waals surface area (Å²) in [5.41, 5.74) is 0. The minimum absolute atomic E-state index is 0.159. The third-order valence-corrected chi connectivity index (χ3v) is 2.37. The molecule has 1 atom stereocenters. The van der Waals surface area contributed by atoms with Crippen LogP contribution in [-0.4, -0.2) is 38.7 Å². The molecular weight excluding hydrogens is 214 g/mol. The maximum atomic E-state index is 12.5. The van der Waals surface area contributed by atoms with Crippen LogP contribution in [0.5, 0.6) is 0 Å². The lowest BCUT2D eigenvalue weighted by atomic mass is 10.0. The number of hydrogen-bond acceptors (Lipinski definition) is 2. The van der Waals surface area contributed by atoms with E-state index >= 15 is 0 Å². The van der Waals surface area contributed by atoms with Gasteiger partial charge in [-0.3, -0.25) is 0 Å². The fourth-order valence-electron chi connectivity index (χ4n) is 1.49. The first-order valence-corrected chi connectivity index (χ1v) is 4.97. The summed E-state index contributed by atoms with van der Waals surface area (Å²) >= 11 is 0. The van der Waals surface area contributed by atoms with E-state index in [1.54, 1.807) is 0 Å². The van der Waals surface area contributed by atoms with Gasteiger partial charge in [0.25, 0.3) is 0 Å². The van der Waals surface area contributed by atoms with Crippen LogP contribution in [0.25, 0.3) is 0 Å². The highest BCUT2D eigenvalue weighted by Gasteiger charge is 2.40. The summed E-state index contributed by atoms with van der Waals surface area (Å²) in [5, 5.41) is 2.37. The molecule has 0 radical (unpaired) electrons. The second-order valence-corrected chi connectivity index (χ2v) is 3.78. The van der Waals surface area contributed by atoms with Gasteiger partial charge in [-0.05, 0) is 18.8 Å². The van der Waals surface area contributed by atoms with Gasteiger partial charge in [0.1, 0.15) is 0 Å². The third-order valence-electron chi connectivity index (χ3n) is 2.37. The molecule has 15 heavy (non-hydrogen) atoms. The van der Waals surface area contributed by atoms with Crippen LogP contribution >= 0.6 is 0 Å². The van der Waals surface area contributed by atoms with Gasteiger partial charge in [0.15, 0.2) is 0 Å². The summed E-state index contributed by atoms with van der Waals surface area (Å²) in [4.78, 5) is 0. The lowest BCUT2D eigenvalue weighted by molar-refractivity contribution is -0.125. The van der Waals surface area contributed by atoms with Gasteiger partial charge in [-0.2, -0.15) is 8.78 Å². The van der Waals surface area contributed by atoms with Crippen molar-refractivity contribution in [2.45, 2.75) is 25.2 Å². The van der Waals surface area contributed by atoms with Crippen LogP contribution in [0.15, 0.2) is 0 Å². The number of halogens is 4. The molecule has 0 aromatic heterocycles. The predicted molar refractivity (Wildman–Crippen MR) is 47.4 cm³/mol. The van der Waals surface area contributed by atoms with Crippen molar-refractivity contribution in [2.75, 3.05) is 26.3 Å². The zero-order valence-electron chi connectivity index (χ0n) is 8.32. The molecule has 0 spiro atoms. The fourth-order valence-corrected chi connectivity index (χ4v) is 1.49. The summed E-state index contributed by atoms with van der Waals surface area (Å²) in [6.45, 7) is 0.556. The van der Waals surface area contributed by atoms with E-state index in [0.717, 1.165) is 12.8 Å². The molecular formula is C9H15F4NO. The average Bonchev–Trinajstić information content (AvgIpc) is 2.19. The lowest BCUT2D eigenvalue weighted by Gasteiger charge is -2.23. The van der Waals surface area contributed by atoms with Crippen molar-refractivity contribution in [3.05, 3.63) is 0 Å². The van der Waals surface area contributed by atoms with E-state index in [-0.39, 0.29) is 5.92 Å². The number of ether oxygens (including phenoxy) is 1. The van der Waals surface area contributed by atoms with E-state index in [0.29, 0.717) is 19.8 Å².